The molecular weight excluding hydrogens is 304 g/mol. The summed E-state index contributed by atoms with van der Waals surface area (Å²) >= 11 is 3.44. The van der Waals surface area contributed by atoms with Gasteiger partial charge in [0.2, 0.25) is 0 Å². The molecule has 2 rings (SSSR count). The van der Waals surface area contributed by atoms with Crippen LogP contribution in [0.5, 0.6) is 5.75 Å². The van der Waals surface area contributed by atoms with E-state index < -0.39 is 0 Å². The summed E-state index contributed by atoms with van der Waals surface area (Å²) < 4.78 is 6.10. The van der Waals surface area contributed by atoms with Gasteiger partial charge in [0, 0.05) is 10.0 Å². The number of methoxy groups -OCH3 is 1. The molecule has 0 aliphatic heterocycles. The van der Waals surface area contributed by atoms with Crippen LogP contribution >= 0.6 is 15.9 Å². The fourth-order valence-corrected chi connectivity index (χ4v) is 2.61. The van der Waals surface area contributed by atoms with E-state index in [2.05, 4.69) is 15.9 Å². The van der Waals surface area contributed by atoms with Crippen molar-refractivity contribution in [1.82, 2.24) is 0 Å². The van der Waals surface area contributed by atoms with Crippen LogP contribution in [0.1, 0.15) is 27.0 Å². The van der Waals surface area contributed by atoms with Crippen LogP contribution in [0.25, 0.3) is 0 Å². The van der Waals surface area contributed by atoms with Gasteiger partial charge < -0.3 is 4.74 Å². The lowest BCUT2D eigenvalue weighted by atomic mass is 10.0. The fourth-order valence-electron chi connectivity index (χ4n) is 1.94. The maximum Gasteiger partial charge on any atom is 0.197 e. The highest BCUT2D eigenvalue weighted by molar-refractivity contribution is 9.10. The molecule has 0 bridgehead atoms. The number of carbonyl (C=O) groups is 1. The van der Waals surface area contributed by atoms with Crippen LogP contribution in [0.4, 0.5) is 0 Å². The molecule has 0 aliphatic rings. The average molecular weight is 319 g/mol. The van der Waals surface area contributed by atoms with Crippen molar-refractivity contribution in [2.24, 2.45) is 0 Å². The maximum atomic E-state index is 12.6. The van der Waals surface area contributed by atoms with E-state index in [1.165, 1.54) is 0 Å². The Bertz CT molecular complexity index is 633. The van der Waals surface area contributed by atoms with Gasteiger partial charge in [-0.15, -0.1) is 0 Å². The van der Waals surface area contributed by atoms with Crippen molar-refractivity contribution in [3.63, 3.8) is 0 Å². The van der Waals surface area contributed by atoms with Gasteiger partial charge in [0.25, 0.3) is 0 Å². The second-order valence-electron chi connectivity index (χ2n) is 4.52. The lowest BCUT2D eigenvalue weighted by Gasteiger charge is -2.10. The first-order valence-electron chi connectivity index (χ1n) is 5.98. The molecule has 2 aromatic rings. The van der Waals surface area contributed by atoms with Gasteiger partial charge >= 0.3 is 0 Å². The minimum Gasteiger partial charge on any atom is -0.496 e. The van der Waals surface area contributed by atoms with Crippen molar-refractivity contribution < 1.29 is 9.53 Å². The highest BCUT2D eigenvalue weighted by Crippen LogP contribution is 2.27. The molecule has 0 radical (unpaired) electrons. The molecule has 0 heterocycles. The first kappa shape index (κ1) is 13.8. The zero-order valence-corrected chi connectivity index (χ0v) is 12.7. The third kappa shape index (κ3) is 2.87. The van der Waals surface area contributed by atoms with Gasteiger partial charge in [0.05, 0.1) is 12.7 Å². The average Bonchev–Trinajstić information content (AvgIpc) is 2.37. The summed E-state index contributed by atoms with van der Waals surface area (Å²) in [6.07, 6.45) is 0. The Labute approximate surface area is 121 Å². The van der Waals surface area contributed by atoms with E-state index in [4.69, 9.17) is 4.74 Å². The zero-order valence-electron chi connectivity index (χ0n) is 11.2. The van der Waals surface area contributed by atoms with Crippen molar-refractivity contribution >= 4 is 21.7 Å². The SMILES string of the molecule is COc1cc(C)ccc1C(=O)c1ccc(C)cc1Br. The predicted molar refractivity (Wildman–Crippen MR) is 80.0 cm³/mol. The number of ketones is 1. The molecular formula is C16H15BrO2. The Balaban J connectivity index is 2.50. The third-order valence-electron chi connectivity index (χ3n) is 2.97. The summed E-state index contributed by atoms with van der Waals surface area (Å²) in [4.78, 5) is 12.6. The number of hydrogen-bond donors (Lipinski definition) is 0. The highest BCUT2D eigenvalue weighted by atomic mass is 79.9. The summed E-state index contributed by atoms with van der Waals surface area (Å²) in [6.45, 7) is 3.96. The second-order valence-corrected chi connectivity index (χ2v) is 5.37. The van der Waals surface area contributed by atoms with Gasteiger partial charge in [-0.1, -0.05) is 28.1 Å². The highest BCUT2D eigenvalue weighted by Gasteiger charge is 2.16. The van der Waals surface area contributed by atoms with Gasteiger partial charge in [-0.2, -0.15) is 0 Å². The number of hydrogen-bond acceptors (Lipinski definition) is 2. The van der Waals surface area contributed by atoms with Crippen LogP contribution < -0.4 is 4.74 Å². The molecule has 2 nitrogen and oxygen atoms in total. The van der Waals surface area contributed by atoms with Gasteiger partial charge in [0.1, 0.15) is 5.75 Å². The van der Waals surface area contributed by atoms with Crippen LogP contribution in [0.3, 0.4) is 0 Å². The summed E-state index contributed by atoms with van der Waals surface area (Å²) in [7, 11) is 1.58. The van der Waals surface area contributed by atoms with Crippen molar-refractivity contribution in [3.8, 4) is 5.75 Å². The normalized spacial score (nSPS) is 10.3. The largest absolute Gasteiger partial charge is 0.496 e. The minimum atomic E-state index is -0.0382. The summed E-state index contributed by atoms with van der Waals surface area (Å²) in [6, 6.07) is 11.3. The van der Waals surface area contributed by atoms with Gasteiger partial charge in [-0.3, -0.25) is 4.79 Å². The zero-order chi connectivity index (χ0) is 14.0. The monoisotopic (exact) mass is 318 g/mol. The maximum absolute atomic E-state index is 12.6. The van der Waals surface area contributed by atoms with Gasteiger partial charge in [-0.25, -0.2) is 0 Å². The predicted octanol–water partition coefficient (Wildman–Crippen LogP) is 4.31. The van der Waals surface area contributed by atoms with Crippen molar-refractivity contribution in [2.75, 3.05) is 7.11 Å². The number of halogens is 1. The summed E-state index contributed by atoms with van der Waals surface area (Å²) in [5, 5.41) is 0. The van der Waals surface area contributed by atoms with Crippen molar-refractivity contribution in [1.29, 1.82) is 0 Å². The topological polar surface area (TPSA) is 26.3 Å². The van der Waals surface area contributed by atoms with Crippen LogP contribution in [-0.2, 0) is 0 Å². The Hall–Kier alpha value is -1.61. The van der Waals surface area contributed by atoms with Crippen LogP contribution in [-0.4, -0.2) is 12.9 Å². The van der Waals surface area contributed by atoms with E-state index >= 15 is 0 Å². The van der Waals surface area contributed by atoms with Crippen molar-refractivity contribution in [2.45, 2.75) is 13.8 Å². The van der Waals surface area contributed by atoms with E-state index in [-0.39, 0.29) is 5.78 Å². The molecule has 0 atom stereocenters. The number of rotatable bonds is 3. The molecule has 0 unspecified atom stereocenters. The Morgan fingerprint density at radius 1 is 1.00 bits per heavy atom. The second kappa shape index (κ2) is 5.57. The standard InChI is InChI=1S/C16H15BrO2/c1-10-4-6-12(14(17)8-10)16(18)13-7-5-11(2)9-15(13)19-3/h4-9H,1-3H3. The van der Waals surface area contributed by atoms with E-state index in [1.807, 2.05) is 50.2 Å². The molecule has 0 spiro atoms. The molecule has 0 N–H and O–H groups in total. The molecule has 0 amide bonds. The molecule has 3 heteroatoms. The van der Waals surface area contributed by atoms with Crippen LogP contribution in [0, 0.1) is 13.8 Å². The Kier molecular flexibility index (Phi) is 4.05. The van der Waals surface area contributed by atoms with E-state index in [0.29, 0.717) is 16.9 Å². The first-order chi connectivity index (χ1) is 9.02. The molecule has 19 heavy (non-hydrogen) atoms. The van der Waals surface area contributed by atoms with Crippen molar-refractivity contribution in [3.05, 3.63) is 63.1 Å². The van der Waals surface area contributed by atoms with Crippen LogP contribution in [0.15, 0.2) is 40.9 Å². The number of aryl methyl sites for hydroxylation is 2. The minimum absolute atomic E-state index is 0.0382. The number of carbonyl (C=O) groups excluding carboxylic acids is 1. The Morgan fingerprint density at radius 3 is 2.16 bits per heavy atom. The lowest BCUT2D eigenvalue weighted by Crippen LogP contribution is -2.05. The first-order valence-corrected chi connectivity index (χ1v) is 6.77. The van der Waals surface area contributed by atoms with E-state index in [1.54, 1.807) is 7.11 Å². The molecule has 2 aromatic carbocycles. The molecule has 0 aromatic heterocycles. The number of ether oxygens (including phenoxy) is 1. The summed E-state index contributed by atoms with van der Waals surface area (Å²) in [5.41, 5.74) is 3.40. The molecule has 0 saturated carbocycles. The van der Waals surface area contributed by atoms with Gasteiger partial charge in [-0.05, 0) is 49.2 Å². The van der Waals surface area contributed by atoms with Crippen LogP contribution in [0.2, 0.25) is 0 Å². The smallest absolute Gasteiger partial charge is 0.197 e. The van der Waals surface area contributed by atoms with E-state index in [9.17, 15) is 4.79 Å². The molecule has 0 saturated heterocycles. The molecule has 98 valence electrons. The third-order valence-corrected chi connectivity index (χ3v) is 3.63. The molecule has 0 fully saturated rings. The van der Waals surface area contributed by atoms with E-state index in [0.717, 1.165) is 15.6 Å². The lowest BCUT2D eigenvalue weighted by molar-refractivity contribution is 0.103. The number of benzene rings is 2. The Morgan fingerprint density at radius 2 is 1.58 bits per heavy atom. The van der Waals surface area contributed by atoms with Gasteiger partial charge in [0.15, 0.2) is 5.78 Å². The molecule has 0 aliphatic carbocycles. The quantitative estimate of drug-likeness (QED) is 0.788. The fraction of sp³-hybridized carbons (Fsp3) is 0.188. The summed E-state index contributed by atoms with van der Waals surface area (Å²) in [5.74, 6) is 0.571.